The number of methoxy groups -OCH3 is 1. The smallest absolute Gasteiger partial charge is 0.303 e. The molecule has 4 aromatic carbocycles. The van der Waals surface area contributed by atoms with Crippen molar-refractivity contribution >= 4 is 44.3 Å². The maximum atomic E-state index is 13.4. The lowest BCUT2D eigenvalue weighted by Crippen LogP contribution is -2.14. The van der Waals surface area contributed by atoms with Crippen LogP contribution in [0.3, 0.4) is 0 Å². The first-order chi connectivity index (χ1) is 20.7. The highest BCUT2D eigenvalue weighted by Crippen LogP contribution is 2.37. The molecule has 0 spiro atoms. The fourth-order valence-corrected chi connectivity index (χ4v) is 5.82. The maximum Gasteiger partial charge on any atom is 0.303 e. The molecule has 1 aromatic heterocycles. The van der Waals surface area contributed by atoms with Crippen molar-refractivity contribution in [3.05, 3.63) is 96.0 Å². The van der Waals surface area contributed by atoms with Gasteiger partial charge in [-0.05, 0) is 73.9 Å². The van der Waals surface area contributed by atoms with E-state index >= 15 is 0 Å². The molecular formula is C32H30ClN3O6S. The number of fused-ring (bicyclic) bond motifs is 1. The lowest BCUT2D eigenvalue weighted by atomic mass is 10.2. The highest BCUT2D eigenvalue weighted by atomic mass is 35.5. The first kappa shape index (κ1) is 29.9. The number of carboxylic acids is 1. The van der Waals surface area contributed by atoms with Crippen LogP contribution >= 0.6 is 11.6 Å². The minimum absolute atomic E-state index is 0.0466. The van der Waals surface area contributed by atoms with E-state index in [-0.39, 0.29) is 23.6 Å². The first-order valence-electron chi connectivity index (χ1n) is 13.6. The molecule has 0 bridgehead atoms. The summed E-state index contributed by atoms with van der Waals surface area (Å²) in [5.74, 6) is 0.849. The number of carbonyl (C=O) groups is 1. The van der Waals surface area contributed by atoms with E-state index in [1.165, 1.54) is 24.3 Å². The van der Waals surface area contributed by atoms with E-state index in [0.29, 0.717) is 52.6 Å². The van der Waals surface area contributed by atoms with Gasteiger partial charge in [0.05, 0.1) is 35.3 Å². The summed E-state index contributed by atoms with van der Waals surface area (Å²) in [6, 6.07) is 26.6. The molecule has 0 fully saturated rings. The summed E-state index contributed by atoms with van der Waals surface area (Å²) in [7, 11) is -2.38. The Morgan fingerprint density at radius 2 is 1.67 bits per heavy atom. The van der Waals surface area contributed by atoms with Gasteiger partial charge < -0.3 is 14.6 Å². The van der Waals surface area contributed by atoms with E-state index < -0.39 is 16.0 Å². The third-order valence-electron chi connectivity index (χ3n) is 6.78. The number of hydrogen-bond acceptors (Lipinski definition) is 6. The summed E-state index contributed by atoms with van der Waals surface area (Å²) in [6.07, 6.45) is 1.86. The van der Waals surface area contributed by atoms with Gasteiger partial charge in [0.2, 0.25) is 0 Å². The number of benzene rings is 4. The molecule has 43 heavy (non-hydrogen) atoms. The second-order valence-corrected chi connectivity index (χ2v) is 11.9. The van der Waals surface area contributed by atoms with Crippen LogP contribution in [0, 0.1) is 0 Å². The average molecular weight is 620 g/mol. The Hall–Kier alpha value is -4.54. The van der Waals surface area contributed by atoms with E-state index in [1.54, 1.807) is 19.2 Å². The van der Waals surface area contributed by atoms with Crippen molar-refractivity contribution in [1.29, 1.82) is 0 Å². The zero-order valence-corrected chi connectivity index (χ0v) is 24.9. The Labute approximate surface area is 254 Å². The number of sulfonamides is 1. The van der Waals surface area contributed by atoms with Gasteiger partial charge >= 0.3 is 5.97 Å². The Morgan fingerprint density at radius 1 is 0.953 bits per heavy atom. The number of imidazole rings is 1. The van der Waals surface area contributed by atoms with Gasteiger partial charge in [0.25, 0.3) is 10.0 Å². The second-order valence-electron chi connectivity index (χ2n) is 9.78. The van der Waals surface area contributed by atoms with Crippen molar-refractivity contribution in [2.45, 2.75) is 30.6 Å². The number of aliphatic carboxylic acids is 1. The molecule has 0 saturated heterocycles. The molecule has 0 saturated carbocycles. The molecule has 0 aliphatic carbocycles. The first-order valence-corrected chi connectivity index (χ1v) is 15.5. The van der Waals surface area contributed by atoms with E-state index in [4.69, 9.17) is 31.2 Å². The van der Waals surface area contributed by atoms with E-state index in [2.05, 4.69) is 4.72 Å². The Balaban J connectivity index is 1.60. The standard InChI is InChI=1S/C32H30ClN3O6S/c1-41-25-15-13-24(14-16-25)36-29-21-30(42-19-7-3-6-10-31(37)38)28(35-43(39,40)26-17-11-23(33)12-18-26)20-27(29)34-32(36)22-8-4-2-5-9-22/h2,4-5,8-9,11-18,20-21,35H,3,6-7,10,19H2,1H3,(H,37,38). The summed E-state index contributed by atoms with van der Waals surface area (Å²) in [4.78, 5) is 15.8. The molecule has 5 rings (SSSR count). The molecular weight excluding hydrogens is 590 g/mol. The third-order valence-corrected chi connectivity index (χ3v) is 8.41. The zero-order valence-electron chi connectivity index (χ0n) is 23.4. The second kappa shape index (κ2) is 13.2. The minimum Gasteiger partial charge on any atom is -0.497 e. The monoisotopic (exact) mass is 619 g/mol. The van der Waals surface area contributed by atoms with Crippen molar-refractivity contribution in [3.8, 4) is 28.6 Å². The zero-order chi connectivity index (χ0) is 30.4. The number of ether oxygens (including phenoxy) is 2. The van der Waals surface area contributed by atoms with Crippen molar-refractivity contribution in [1.82, 2.24) is 9.55 Å². The van der Waals surface area contributed by atoms with Crippen molar-refractivity contribution < 1.29 is 27.8 Å². The van der Waals surface area contributed by atoms with Gasteiger partial charge in [-0.25, -0.2) is 13.4 Å². The Bertz CT molecular complexity index is 1820. The van der Waals surface area contributed by atoms with Gasteiger partial charge in [0.1, 0.15) is 17.3 Å². The Kier molecular flexibility index (Phi) is 9.18. The van der Waals surface area contributed by atoms with E-state index in [1.807, 2.05) is 59.2 Å². The topological polar surface area (TPSA) is 120 Å². The number of hydrogen-bond donors (Lipinski definition) is 2. The van der Waals surface area contributed by atoms with E-state index in [0.717, 1.165) is 11.3 Å². The summed E-state index contributed by atoms with van der Waals surface area (Å²) in [5.41, 5.74) is 3.19. The lowest BCUT2D eigenvalue weighted by Gasteiger charge is -2.15. The minimum atomic E-state index is -3.99. The van der Waals surface area contributed by atoms with Gasteiger partial charge in [0.15, 0.2) is 0 Å². The molecule has 0 atom stereocenters. The highest BCUT2D eigenvalue weighted by molar-refractivity contribution is 7.92. The number of carboxylic acid groups (broad SMARTS) is 1. The third kappa shape index (κ3) is 7.10. The van der Waals surface area contributed by atoms with Gasteiger partial charge in [-0.1, -0.05) is 41.9 Å². The largest absolute Gasteiger partial charge is 0.497 e. The maximum absolute atomic E-state index is 13.4. The predicted octanol–water partition coefficient (Wildman–Crippen LogP) is 7.18. The number of nitrogens with zero attached hydrogens (tertiary/aromatic N) is 2. The lowest BCUT2D eigenvalue weighted by molar-refractivity contribution is -0.137. The SMILES string of the molecule is COc1ccc(-n2c(-c3ccccc3)nc3cc(NS(=O)(=O)c4ccc(Cl)cc4)c(OCCCCCC(=O)O)cc32)cc1. The van der Waals surface area contributed by atoms with E-state index in [9.17, 15) is 13.2 Å². The van der Waals surface area contributed by atoms with Gasteiger partial charge in [-0.2, -0.15) is 0 Å². The van der Waals surface area contributed by atoms with Crippen LogP contribution in [-0.2, 0) is 14.8 Å². The number of aromatic nitrogens is 2. The quantitative estimate of drug-likeness (QED) is 0.134. The highest BCUT2D eigenvalue weighted by Gasteiger charge is 2.21. The van der Waals surface area contributed by atoms with Gasteiger partial charge in [0, 0.05) is 28.8 Å². The number of anilines is 1. The molecule has 0 amide bonds. The van der Waals surface area contributed by atoms with Crippen LogP contribution < -0.4 is 14.2 Å². The predicted molar refractivity (Wildman–Crippen MR) is 167 cm³/mol. The summed E-state index contributed by atoms with van der Waals surface area (Å²) >= 11 is 5.97. The molecule has 2 N–H and O–H groups in total. The molecule has 5 aromatic rings. The number of halogens is 1. The molecule has 11 heteroatoms. The van der Waals surface area contributed by atoms with Crippen LogP contribution in [0.4, 0.5) is 5.69 Å². The van der Waals surface area contributed by atoms with Crippen LogP contribution in [0.5, 0.6) is 11.5 Å². The van der Waals surface area contributed by atoms with Gasteiger partial charge in [-0.15, -0.1) is 0 Å². The van der Waals surface area contributed by atoms with Crippen molar-refractivity contribution in [3.63, 3.8) is 0 Å². The fourth-order valence-electron chi connectivity index (χ4n) is 4.63. The number of nitrogens with one attached hydrogen (secondary N) is 1. The van der Waals surface area contributed by atoms with Crippen molar-refractivity contribution in [2.75, 3.05) is 18.4 Å². The van der Waals surface area contributed by atoms with Gasteiger partial charge in [-0.3, -0.25) is 14.1 Å². The van der Waals surface area contributed by atoms with Crippen LogP contribution in [0.2, 0.25) is 5.02 Å². The molecule has 222 valence electrons. The molecule has 0 aliphatic heterocycles. The van der Waals surface area contributed by atoms with Crippen LogP contribution in [0.25, 0.3) is 28.1 Å². The molecule has 0 aliphatic rings. The molecule has 0 unspecified atom stereocenters. The molecule has 0 radical (unpaired) electrons. The molecule has 9 nitrogen and oxygen atoms in total. The van der Waals surface area contributed by atoms with Crippen LogP contribution in [0.1, 0.15) is 25.7 Å². The molecule has 1 heterocycles. The van der Waals surface area contributed by atoms with Crippen molar-refractivity contribution in [2.24, 2.45) is 0 Å². The van der Waals surface area contributed by atoms with Crippen LogP contribution in [-0.4, -0.2) is 42.8 Å². The summed E-state index contributed by atoms with van der Waals surface area (Å²) < 4.78 is 42.8. The van der Waals surface area contributed by atoms with Crippen LogP contribution in [0.15, 0.2) is 95.9 Å². The average Bonchev–Trinajstić information content (AvgIpc) is 3.37. The Morgan fingerprint density at radius 3 is 2.35 bits per heavy atom. The summed E-state index contributed by atoms with van der Waals surface area (Å²) in [5, 5.41) is 9.34. The normalized spacial score (nSPS) is 11.4. The number of unbranched alkanes of at least 4 members (excludes halogenated alkanes) is 2. The fraction of sp³-hybridized carbons (Fsp3) is 0.188. The number of rotatable bonds is 13. The summed E-state index contributed by atoms with van der Waals surface area (Å²) in [6.45, 7) is 0.267.